The van der Waals surface area contributed by atoms with Gasteiger partial charge in [0.1, 0.15) is 11.0 Å². The molecule has 1 aromatic rings. The molecule has 0 aliphatic carbocycles. The summed E-state index contributed by atoms with van der Waals surface area (Å²) in [7, 11) is 0. The zero-order valence-corrected chi connectivity index (χ0v) is 14.3. The molecular formula is C17H21NO5S. The molecule has 2 fully saturated rings. The first-order chi connectivity index (χ1) is 11.6. The summed E-state index contributed by atoms with van der Waals surface area (Å²) in [5, 5.41) is 9.26. The van der Waals surface area contributed by atoms with E-state index in [0.717, 1.165) is 29.7 Å². The van der Waals surface area contributed by atoms with E-state index in [-0.39, 0.29) is 12.0 Å². The maximum absolute atomic E-state index is 12.5. The highest BCUT2D eigenvalue weighted by Gasteiger charge is 2.44. The Hall–Kier alpha value is -1.44. The molecule has 1 atom stereocenters. The lowest BCUT2D eigenvalue weighted by atomic mass is 9.82. The van der Waals surface area contributed by atoms with Crippen LogP contribution in [0.5, 0.6) is 0 Å². The summed E-state index contributed by atoms with van der Waals surface area (Å²) >= 11 is 1.36. The number of piperidine rings is 1. The molecular weight excluding hydrogens is 330 g/mol. The number of nitrogens with zero attached hydrogens (tertiary/aromatic N) is 1. The molecule has 24 heavy (non-hydrogen) atoms. The van der Waals surface area contributed by atoms with Gasteiger partial charge in [-0.05, 0) is 37.3 Å². The van der Waals surface area contributed by atoms with E-state index in [1.165, 1.54) is 11.3 Å². The monoisotopic (exact) mass is 351 g/mol. The predicted octanol–water partition coefficient (Wildman–Crippen LogP) is 2.02. The van der Waals surface area contributed by atoms with Gasteiger partial charge in [0.05, 0.1) is 12.2 Å². The highest BCUT2D eigenvalue weighted by molar-refractivity contribution is 7.14. The van der Waals surface area contributed by atoms with E-state index in [4.69, 9.17) is 9.47 Å². The minimum absolute atomic E-state index is 0.0925. The van der Waals surface area contributed by atoms with E-state index in [1.54, 1.807) is 6.07 Å². The third kappa shape index (κ3) is 2.64. The fourth-order valence-electron chi connectivity index (χ4n) is 4.00. The van der Waals surface area contributed by atoms with Gasteiger partial charge in [-0.3, -0.25) is 4.79 Å². The van der Waals surface area contributed by atoms with E-state index < -0.39 is 11.6 Å². The Balaban J connectivity index is 1.51. The number of carboxylic acids is 1. The maximum atomic E-state index is 12.5. The zero-order valence-electron chi connectivity index (χ0n) is 13.5. The van der Waals surface area contributed by atoms with Crippen molar-refractivity contribution in [1.29, 1.82) is 0 Å². The van der Waals surface area contributed by atoms with Gasteiger partial charge in [-0.1, -0.05) is 0 Å². The molecule has 1 aromatic heterocycles. The lowest BCUT2D eigenvalue weighted by molar-refractivity contribution is -0.149. The van der Waals surface area contributed by atoms with Gasteiger partial charge in [0.25, 0.3) is 5.91 Å². The van der Waals surface area contributed by atoms with Crippen LogP contribution in [0.4, 0.5) is 0 Å². The molecule has 130 valence electrons. The number of fused-ring (bicyclic) bond motifs is 2. The van der Waals surface area contributed by atoms with Gasteiger partial charge in [0, 0.05) is 31.0 Å². The Morgan fingerprint density at radius 1 is 1.29 bits per heavy atom. The van der Waals surface area contributed by atoms with E-state index in [9.17, 15) is 14.7 Å². The summed E-state index contributed by atoms with van der Waals surface area (Å²) in [4.78, 5) is 27.2. The quantitative estimate of drug-likeness (QED) is 0.882. The normalized spacial score (nSPS) is 25.7. The van der Waals surface area contributed by atoms with Gasteiger partial charge < -0.3 is 19.5 Å². The van der Waals surface area contributed by atoms with Crippen LogP contribution in [0.15, 0.2) is 6.07 Å². The fourth-order valence-corrected chi connectivity index (χ4v) is 5.07. The van der Waals surface area contributed by atoms with E-state index in [0.29, 0.717) is 44.0 Å². The largest absolute Gasteiger partial charge is 0.477 e. The van der Waals surface area contributed by atoms with Crippen molar-refractivity contribution < 1.29 is 24.2 Å². The second-order valence-corrected chi connectivity index (χ2v) is 7.81. The maximum Gasteiger partial charge on any atom is 0.345 e. The number of carboxylic acid groups (broad SMARTS) is 1. The van der Waals surface area contributed by atoms with Gasteiger partial charge in [0.15, 0.2) is 0 Å². The van der Waals surface area contributed by atoms with Crippen LogP contribution >= 0.6 is 11.3 Å². The van der Waals surface area contributed by atoms with Crippen LogP contribution < -0.4 is 0 Å². The molecule has 3 aliphatic heterocycles. The van der Waals surface area contributed by atoms with Crippen molar-refractivity contribution in [2.24, 2.45) is 0 Å². The van der Waals surface area contributed by atoms with Gasteiger partial charge in [-0.15, -0.1) is 11.3 Å². The summed E-state index contributed by atoms with van der Waals surface area (Å²) in [6, 6.07) is 1.78. The first-order valence-electron chi connectivity index (χ1n) is 8.50. The average Bonchev–Trinajstić information content (AvgIpc) is 3.25. The summed E-state index contributed by atoms with van der Waals surface area (Å²) in [6.07, 6.45) is 3.69. The number of hydrogen-bond acceptors (Lipinski definition) is 5. The first-order valence-corrected chi connectivity index (χ1v) is 9.31. The predicted molar refractivity (Wildman–Crippen MR) is 87.4 cm³/mol. The molecule has 7 heteroatoms. The third-order valence-corrected chi connectivity index (χ3v) is 6.49. The minimum atomic E-state index is -0.879. The molecule has 0 bridgehead atoms. The Labute approximate surface area is 144 Å². The van der Waals surface area contributed by atoms with Crippen LogP contribution in [0.2, 0.25) is 0 Å². The molecule has 1 spiro atoms. The number of likely N-dealkylation sites (tertiary alicyclic amines) is 1. The standard InChI is InChI=1S/C17H21NO5S/c19-15(12-2-1-8-22-12)18-6-4-17(5-7-18)11-10-14(16(20)21)24-13(11)3-9-23-17/h10,12H,1-9H2,(H,20,21)/t12-/m1/s1. The molecule has 3 aliphatic rings. The van der Waals surface area contributed by atoms with Crippen LogP contribution in [0.25, 0.3) is 0 Å². The van der Waals surface area contributed by atoms with Crippen LogP contribution in [-0.4, -0.2) is 54.3 Å². The Kier molecular flexibility index (Phi) is 4.10. The lowest BCUT2D eigenvalue weighted by Gasteiger charge is -2.44. The average molecular weight is 351 g/mol. The summed E-state index contributed by atoms with van der Waals surface area (Å²) in [5.41, 5.74) is 0.603. The summed E-state index contributed by atoms with van der Waals surface area (Å²) in [6.45, 7) is 2.56. The van der Waals surface area contributed by atoms with Crippen molar-refractivity contribution in [2.45, 2.75) is 43.8 Å². The minimum Gasteiger partial charge on any atom is -0.477 e. The van der Waals surface area contributed by atoms with Gasteiger partial charge >= 0.3 is 5.97 Å². The zero-order chi connectivity index (χ0) is 16.7. The number of ether oxygens (including phenoxy) is 2. The number of rotatable bonds is 2. The van der Waals surface area contributed by atoms with Crippen LogP contribution in [-0.2, 0) is 26.3 Å². The second-order valence-electron chi connectivity index (χ2n) is 6.67. The number of carbonyl (C=O) groups excluding carboxylic acids is 1. The molecule has 0 aromatic carbocycles. The Bertz CT molecular complexity index is 656. The van der Waals surface area contributed by atoms with Crippen molar-refractivity contribution in [2.75, 3.05) is 26.3 Å². The Morgan fingerprint density at radius 3 is 2.75 bits per heavy atom. The summed E-state index contributed by atoms with van der Waals surface area (Å²) in [5.74, 6) is -0.787. The molecule has 6 nitrogen and oxygen atoms in total. The van der Waals surface area contributed by atoms with Crippen molar-refractivity contribution in [3.05, 3.63) is 21.4 Å². The summed E-state index contributed by atoms with van der Waals surface area (Å²) < 4.78 is 11.6. The molecule has 4 rings (SSSR count). The lowest BCUT2D eigenvalue weighted by Crippen LogP contribution is -2.50. The SMILES string of the molecule is O=C(O)c1cc2c(s1)CCOC21CCN(C(=O)[C@H]2CCCO2)CC1. The third-order valence-electron chi connectivity index (χ3n) is 5.31. The molecule has 2 saturated heterocycles. The number of thiophene rings is 1. The van der Waals surface area contributed by atoms with E-state index in [2.05, 4.69) is 0 Å². The van der Waals surface area contributed by atoms with Gasteiger partial charge in [0.2, 0.25) is 0 Å². The fraction of sp³-hybridized carbons (Fsp3) is 0.647. The van der Waals surface area contributed by atoms with Crippen LogP contribution in [0, 0.1) is 0 Å². The van der Waals surface area contributed by atoms with Crippen LogP contribution in [0.1, 0.15) is 45.8 Å². The Morgan fingerprint density at radius 2 is 2.08 bits per heavy atom. The highest BCUT2D eigenvalue weighted by Crippen LogP contribution is 2.44. The topological polar surface area (TPSA) is 76.1 Å². The van der Waals surface area contributed by atoms with Crippen molar-refractivity contribution in [3.8, 4) is 0 Å². The molecule has 0 saturated carbocycles. The molecule has 1 amide bonds. The van der Waals surface area contributed by atoms with Crippen molar-refractivity contribution >= 4 is 23.2 Å². The van der Waals surface area contributed by atoms with Gasteiger partial charge in [-0.25, -0.2) is 4.79 Å². The molecule has 4 heterocycles. The van der Waals surface area contributed by atoms with E-state index in [1.807, 2.05) is 4.90 Å². The number of aromatic carboxylic acids is 1. The smallest absolute Gasteiger partial charge is 0.345 e. The number of hydrogen-bond donors (Lipinski definition) is 1. The first kappa shape index (κ1) is 16.1. The van der Waals surface area contributed by atoms with Crippen molar-refractivity contribution in [1.82, 2.24) is 4.90 Å². The van der Waals surface area contributed by atoms with Crippen molar-refractivity contribution in [3.63, 3.8) is 0 Å². The van der Waals surface area contributed by atoms with Crippen LogP contribution in [0.3, 0.4) is 0 Å². The van der Waals surface area contributed by atoms with Gasteiger partial charge in [-0.2, -0.15) is 0 Å². The molecule has 1 N–H and O–H groups in total. The van der Waals surface area contributed by atoms with E-state index >= 15 is 0 Å². The highest BCUT2D eigenvalue weighted by atomic mass is 32.1. The molecule has 0 radical (unpaired) electrons. The number of carbonyl (C=O) groups is 2. The molecule has 0 unspecified atom stereocenters. The number of amides is 1. The second kappa shape index (κ2) is 6.13.